The number of nitrogens with zero attached hydrogens (tertiary/aromatic N) is 1. The van der Waals surface area contributed by atoms with Gasteiger partial charge in [0.25, 0.3) is 0 Å². The average Bonchev–Trinajstić information content (AvgIpc) is 2.28. The predicted octanol–water partition coefficient (Wildman–Crippen LogP) is 4.19. The van der Waals surface area contributed by atoms with Gasteiger partial charge in [-0.3, -0.25) is 0 Å². The minimum atomic E-state index is 0.309. The summed E-state index contributed by atoms with van der Waals surface area (Å²) in [6.07, 6.45) is 0. The van der Waals surface area contributed by atoms with Crippen LogP contribution in [0.3, 0.4) is 0 Å². The maximum atomic E-state index is 10.3. The normalized spacial score (nSPS) is 11.6. The van der Waals surface area contributed by atoms with Gasteiger partial charge in [-0.05, 0) is 23.5 Å². The molecule has 2 aromatic rings. The zero-order valence-corrected chi connectivity index (χ0v) is 10.9. The lowest BCUT2D eigenvalue weighted by atomic mass is 9.99. The van der Waals surface area contributed by atoms with Crippen molar-refractivity contribution in [3.8, 4) is 5.75 Å². The van der Waals surface area contributed by atoms with Crippen LogP contribution in [0.4, 0.5) is 0 Å². The summed E-state index contributed by atoms with van der Waals surface area (Å²) in [6.45, 7) is 8.37. The summed E-state index contributed by atoms with van der Waals surface area (Å²) in [4.78, 5) is 4.57. The smallest absolute Gasteiger partial charge is 0.145 e. The minimum Gasteiger partial charge on any atom is -0.505 e. The molecule has 1 heterocycles. The monoisotopic (exact) mass is 229 g/mol. The molecule has 0 aliphatic carbocycles. The van der Waals surface area contributed by atoms with Gasteiger partial charge in [-0.25, -0.2) is 4.98 Å². The molecule has 0 saturated heterocycles. The van der Waals surface area contributed by atoms with Crippen molar-refractivity contribution in [1.82, 2.24) is 4.98 Å². The molecule has 1 aromatic carbocycles. The Bertz CT molecular complexity index is 539. The number of pyridine rings is 1. The molecule has 2 nitrogen and oxygen atoms in total. The van der Waals surface area contributed by atoms with Crippen molar-refractivity contribution in [2.75, 3.05) is 0 Å². The molecule has 0 aliphatic rings. The largest absolute Gasteiger partial charge is 0.505 e. The van der Waals surface area contributed by atoms with E-state index in [1.54, 1.807) is 0 Å². The SMILES string of the molecule is CC(C)c1ccc2ccc(C(C)C)c(O)c2n1. The predicted molar refractivity (Wildman–Crippen MR) is 71.6 cm³/mol. The first kappa shape index (κ1) is 11.9. The molecular weight excluding hydrogens is 210 g/mol. The van der Waals surface area contributed by atoms with Crippen LogP contribution in [-0.4, -0.2) is 10.1 Å². The first-order valence-corrected chi connectivity index (χ1v) is 6.13. The van der Waals surface area contributed by atoms with Crippen LogP contribution in [-0.2, 0) is 0 Å². The molecule has 90 valence electrons. The first-order chi connectivity index (χ1) is 8.00. The molecule has 0 atom stereocenters. The van der Waals surface area contributed by atoms with Crippen LogP contribution in [0, 0.1) is 0 Å². The van der Waals surface area contributed by atoms with Gasteiger partial charge in [-0.15, -0.1) is 0 Å². The zero-order valence-electron chi connectivity index (χ0n) is 10.9. The number of phenols is 1. The summed E-state index contributed by atoms with van der Waals surface area (Å²) in [5.41, 5.74) is 2.71. The van der Waals surface area contributed by atoms with Gasteiger partial charge in [0.05, 0.1) is 0 Å². The van der Waals surface area contributed by atoms with Crippen molar-refractivity contribution < 1.29 is 5.11 Å². The molecule has 0 saturated carbocycles. The van der Waals surface area contributed by atoms with E-state index in [1.165, 1.54) is 0 Å². The van der Waals surface area contributed by atoms with Gasteiger partial charge >= 0.3 is 0 Å². The number of aromatic nitrogens is 1. The Morgan fingerprint density at radius 2 is 1.59 bits per heavy atom. The Labute approximate surface area is 102 Å². The van der Waals surface area contributed by atoms with Crippen LogP contribution in [0.1, 0.15) is 50.8 Å². The van der Waals surface area contributed by atoms with E-state index in [1.807, 2.05) is 24.3 Å². The van der Waals surface area contributed by atoms with E-state index in [0.717, 1.165) is 22.2 Å². The fourth-order valence-electron chi connectivity index (χ4n) is 1.99. The van der Waals surface area contributed by atoms with Crippen molar-refractivity contribution in [2.45, 2.75) is 39.5 Å². The summed E-state index contributed by atoms with van der Waals surface area (Å²) in [5, 5.41) is 11.3. The molecular formula is C15H19NO. The third-order valence-electron chi connectivity index (χ3n) is 3.10. The minimum absolute atomic E-state index is 0.309. The van der Waals surface area contributed by atoms with Gasteiger partial charge in [-0.2, -0.15) is 0 Å². The van der Waals surface area contributed by atoms with E-state index in [4.69, 9.17) is 0 Å². The number of hydrogen-bond donors (Lipinski definition) is 1. The van der Waals surface area contributed by atoms with Crippen molar-refractivity contribution in [2.24, 2.45) is 0 Å². The number of hydrogen-bond acceptors (Lipinski definition) is 2. The van der Waals surface area contributed by atoms with Gasteiger partial charge in [-0.1, -0.05) is 45.9 Å². The van der Waals surface area contributed by atoms with E-state index in [0.29, 0.717) is 17.6 Å². The van der Waals surface area contributed by atoms with E-state index in [-0.39, 0.29) is 0 Å². The molecule has 0 fully saturated rings. The maximum Gasteiger partial charge on any atom is 0.145 e. The molecule has 0 bridgehead atoms. The van der Waals surface area contributed by atoms with E-state index >= 15 is 0 Å². The Morgan fingerprint density at radius 3 is 2.18 bits per heavy atom. The number of fused-ring (bicyclic) bond motifs is 1. The van der Waals surface area contributed by atoms with Gasteiger partial charge in [0.15, 0.2) is 0 Å². The third-order valence-corrected chi connectivity index (χ3v) is 3.10. The van der Waals surface area contributed by atoms with E-state index in [9.17, 15) is 5.11 Å². The van der Waals surface area contributed by atoms with Crippen molar-refractivity contribution in [1.29, 1.82) is 0 Å². The summed E-state index contributed by atoms with van der Waals surface area (Å²) in [6, 6.07) is 8.07. The fraction of sp³-hybridized carbons (Fsp3) is 0.400. The lowest BCUT2D eigenvalue weighted by Crippen LogP contribution is -1.95. The van der Waals surface area contributed by atoms with Gasteiger partial charge < -0.3 is 5.11 Å². The van der Waals surface area contributed by atoms with Gasteiger partial charge in [0.2, 0.25) is 0 Å². The van der Waals surface area contributed by atoms with Crippen LogP contribution in [0.5, 0.6) is 5.75 Å². The van der Waals surface area contributed by atoms with Crippen LogP contribution in [0.25, 0.3) is 10.9 Å². The van der Waals surface area contributed by atoms with E-state index in [2.05, 4.69) is 32.7 Å². The number of rotatable bonds is 2. The molecule has 1 N–H and O–H groups in total. The second kappa shape index (κ2) is 4.36. The summed E-state index contributed by atoms with van der Waals surface area (Å²) < 4.78 is 0. The Hall–Kier alpha value is -1.57. The molecule has 0 unspecified atom stereocenters. The molecule has 0 aliphatic heterocycles. The molecule has 0 radical (unpaired) electrons. The molecule has 0 spiro atoms. The van der Waals surface area contributed by atoms with Gasteiger partial charge in [0.1, 0.15) is 11.3 Å². The topological polar surface area (TPSA) is 33.1 Å². The van der Waals surface area contributed by atoms with Crippen molar-refractivity contribution in [3.05, 3.63) is 35.5 Å². The lowest BCUT2D eigenvalue weighted by Gasteiger charge is -2.12. The molecule has 0 amide bonds. The quantitative estimate of drug-likeness (QED) is 0.837. The third kappa shape index (κ3) is 2.12. The molecule has 2 heteroatoms. The Morgan fingerprint density at radius 1 is 0.941 bits per heavy atom. The zero-order chi connectivity index (χ0) is 12.6. The number of aromatic hydroxyl groups is 1. The molecule has 17 heavy (non-hydrogen) atoms. The Balaban J connectivity index is 2.69. The highest BCUT2D eigenvalue weighted by Crippen LogP contribution is 2.32. The van der Waals surface area contributed by atoms with Crippen LogP contribution in [0.2, 0.25) is 0 Å². The maximum absolute atomic E-state index is 10.3. The number of phenolic OH excluding ortho intramolecular Hbond substituents is 1. The second-order valence-corrected chi connectivity index (χ2v) is 5.12. The van der Waals surface area contributed by atoms with Crippen LogP contribution in [0.15, 0.2) is 24.3 Å². The summed E-state index contributed by atoms with van der Waals surface area (Å²) >= 11 is 0. The lowest BCUT2D eigenvalue weighted by molar-refractivity contribution is 0.470. The van der Waals surface area contributed by atoms with Crippen LogP contribution >= 0.6 is 0 Å². The highest BCUT2D eigenvalue weighted by molar-refractivity contribution is 5.86. The summed E-state index contributed by atoms with van der Waals surface area (Å²) in [7, 11) is 0. The second-order valence-electron chi connectivity index (χ2n) is 5.12. The molecule has 1 aromatic heterocycles. The fourth-order valence-corrected chi connectivity index (χ4v) is 1.99. The van der Waals surface area contributed by atoms with Crippen LogP contribution < -0.4 is 0 Å². The summed E-state index contributed by atoms with van der Waals surface area (Å²) in [5.74, 6) is 1.02. The van der Waals surface area contributed by atoms with Gasteiger partial charge in [0, 0.05) is 11.1 Å². The van der Waals surface area contributed by atoms with E-state index < -0.39 is 0 Å². The highest BCUT2D eigenvalue weighted by Gasteiger charge is 2.11. The van der Waals surface area contributed by atoms with Crippen molar-refractivity contribution in [3.63, 3.8) is 0 Å². The first-order valence-electron chi connectivity index (χ1n) is 6.13. The average molecular weight is 229 g/mol. The molecule has 2 rings (SSSR count). The van der Waals surface area contributed by atoms with Crippen molar-refractivity contribution >= 4 is 10.9 Å². The highest BCUT2D eigenvalue weighted by atomic mass is 16.3. The Kier molecular flexibility index (Phi) is 3.05. The standard InChI is InChI=1S/C15H19NO/c1-9(2)12-7-5-11-6-8-13(10(3)4)16-14(11)15(12)17/h5-10,17H,1-4H3. The number of benzene rings is 1.